The van der Waals surface area contributed by atoms with Crippen molar-refractivity contribution in [3.63, 3.8) is 0 Å². The van der Waals surface area contributed by atoms with Crippen LogP contribution in [0.5, 0.6) is 0 Å². The molecule has 1 aliphatic heterocycles. The molecular weight excluding hydrogens is 214 g/mol. The zero-order chi connectivity index (χ0) is 11.9. The number of hydrogen-bond donors (Lipinski definition) is 2. The Morgan fingerprint density at radius 2 is 2.00 bits per heavy atom. The lowest BCUT2D eigenvalue weighted by Gasteiger charge is -2.21. The SMILES string of the molecule is NCCNc1nccc(N2CCCCCC2)n1. The van der Waals surface area contributed by atoms with Gasteiger partial charge in [0.2, 0.25) is 5.95 Å². The number of aromatic nitrogens is 2. The van der Waals surface area contributed by atoms with Gasteiger partial charge in [0, 0.05) is 32.4 Å². The van der Waals surface area contributed by atoms with Gasteiger partial charge < -0.3 is 16.0 Å². The predicted octanol–water partition coefficient (Wildman–Crippen LogP) is 1.23. The first-order valence-electron chi connectivity index (χ1n) is 6.42. The van der Waals surface area contributed by atoms with Crippen LogP contribution in [0, 0.1) is 0 Å². The molecule has 5 nitrogen and oxygen atoms in total. The quantitative estimate of drug-likeness (QED) is 0.821. The maximum Gasteiger partial charge on any atom is 0.224 e. The van der Waals surface area contributed by atoms with Crippen molar-refractivity contribution in [3.05, 3.63) is 12.3 Å². The zero-order valence-electron chi connectivity index (χ0n) is 10.2. The van der Waals surface area contributed by atoms with Gasteiger partial charge in [-0.1, -0.05) is 12.8 Å². The molecule has 1 aliphatic rings. The number of nitrogens with one attached hydrogen (secondary N) is 1. The summed E-state index contributed by atoms with van der Waals surface area (Å²) >= 11 is 0. The fourth-order valence-corrected chi connectivity index (χ4v) is 2.09. The van der Waals surface area contributed by atoms with Crippen molar-refractivity contribution in [3.8, 4) is 0 Å². The number of anilines is 2. The highest BCUT2D eigenvalue weighted by atomic mass is 15.2. The summed E-state index contributed by atoms with van der Waals surface area (Å²) in [4.78, 5) is 11.1. The number of nitrogens with two attached hydrogens (primary N) is 1. The van der Waals surface area contributed by atoms with E-state index in [-0.39, 0.29) is 0 Å². The van der Waals surface area contributed by atoms with Gasteiger partial charge in [-0.15, -0.1) is 0 Å². The third-order valence-electron chi connectivity index (χ3n) is 3.00. The summed E-state index contributed by atoms with van der Waals surface area (Å²) in [6.07, 6.45) is 7.00. The lowest BCUT2D eigenvalue weighted by Crippen LogP contribution is -2.25. The fourth-order valence-electron chi connectivity index (χ4n) is 2.09. The van der Waals surface area contributed by atoms with Crippen LogP contribution in [0.15, 0.2) is 12.3 Å². The van der Waals surface area contributed by atoms with E-state index in [1.54, 1.807) is 0 Å². The predicted molar refractivity (Wildman–Crippen MR) is 70.3 cm³/mol. The smallest absolute Gasteiger partial charge is 0.224 e. The molecule has 0 aromatic carbocycles. The van der Waals surface area contributed by atoms with Crippen LogP contribution in [0.1, 0.15) is 25.7 Å². The summed E-state index contributed by atoms with van der Waals surface area (Å²) in [5.74, 6) is 1.71. The number of rotatable bonds is 4. The number of nitrogens with zero attached hydrogens (tertiary/aromatic N) is 3. The van der Waals surface area contributed by atoms with Crippen LogP contribution < -0.4 is 16.0 Å². The Labute approximate surface area is 102 Å². The molecule has 0 atom stereocenters. The second-order valence-corrected chi connectivity index (χ2v) is 4.36. The Morgan fingerprint density at radius 1 is 1.24 bits per heavy atom. The molecule has 5 heteroatoms. The highest BCUT2D eigenvalue weighted by Crippen LogP contribution is 2.17. The van der Waals surface area contributed by atoms with Crippen molar-refractivity contribution in [2.24, 2.45) is 5.73 Å². The normalized spacial score (nSPS) is 16.6. The number of hydrogen-bond acceptors (Lipinski definition) is 5. The van der Waals surface area contributed by atoms with Gasteiger partial charge in [0.05, 0.1) is 0 Å². The van der Waals surface area contributed by atoms with Crippen LogP contribution in [0.2, 0.25) is 0 Å². The highest BCUT2D eigenvalue weighted by molar-refractivity contribution is 5.42. The Hall–Kier alpha value is -1.36. The van der Waals surface area contributed by atoms with E-state index in [4.69, 9.17) is 5.73 Å². The van der Waals surface area contributed by atoms with Gasteiger partial charge in [-0.3, -0.25) is 0 Å². The molecule has 1 aromatic rings. The molecule has 2 rings (SSSR count). The summed E-state index contributed by atoms with van der Waals surface area (Å²) in [6, 6.07) is 1.99. The average Bonchev–Trinajstić information content (AvgIpc) is 2.65. The Balaban J connectivity index is 2.03. The average molecular weight is 235 g/mol. The van der Waals surface area contributed by atoms with Gasteiger partial charge in [0.1, 0.15) is 5.82 Å². The van der Waals surface area contributed by atoms with Crippen LogP contribution >= 0.6 is 0 Å². The van der Waals surface area contributed by atoms with E-state index in [0.717, 1.165) is 18.9 Å². The van der Waals surface area contributed by atoms with E-state index in [9.17, 15) is 0 Å². The summed E-state index contributed by atoms with van der Waals surface area (Å²) in [6.45, 7) is 3.52. The van der Waals surface area contributed by atoms with Crippen molar-refractivity contribution in [2.75, 3.05) is 36.4 Å². The molecule has 17 heavy (non-hydrogen) atoms. The molecular formula is C12H21N5. The third kappa shape index (κ3) is 3.56. The van der Waals surface area contributed by atoms with Gasteiger partial charge in [-0.2, -0.15) is 4.98 Å². The minimum atomic E-state index is 0.595. The summed E-state index contributed by atoms with van der Waals surface area (Å²) < 4.78 is 0. The van der Waals surface area contributed by atoms with Crippen molar-refractivity contribution in [1.82, 2.24) is 9.97 Å². The van der Waals surface area contributed by atoms with Gasteiger partial charge in [-0.25, -0.2) is 4.98 Å². The topological polar surface area (TPSA) is 67.1 Å². The molecule has 1 saturated heterocycles. The molecule has 1 fully saturated rings. The van der Waals surface area contributed by atoms with Crippen molar-refractivity contribution in [2.45, 2.75) is 25.7 Å². The van der Waals surface area contributed by atoms with Gasteiger partial charge in [-0.05, 0) is 18.9 Å². The first-order chi connectivity index (χ1) is 8.40. The lowest BCUT2D eigenvalue weighted by molar-refractivity contribution is 0.726. The van der Waals surface area contributed by atoms with Crippen LogP contribution in [0.4, 0.5) is 11.8 Å². The molecule has 0 amide bonds. The Morgan fingerprint density at radius 3 is 2.71 bits per heavy atom. The second kappa shape index (κ2) is 6.39. The highest BCUT2D eigenvalue weighted by Gasteiger charge is 2.11. The molecule has 0 aliphatic carbocycles. The van der Waals surface area contributed by atoms with E-state index in [1.807, 2.05) is 12.3 Å². The maximum absolute atomic E-state index is 5.45. The summed E-state index contributed by atoms with van der Waals surface area (Å²) in [5, 5.41) is 3.12. The van der Waals surface area contributed by atoms with E-state index >= 15 is 0 Å². The molecule has 3 N–H and O–H groups in total. The van der Waals surface area contributed by atoms with Crippen molar-refractivity contribution < 1.29 is 0 Å². The van der Waals surface area contributed by atoms with Crippen LogP contribution in [-0.2, 0) is 0 Å². The monoisotopic (exact) mass is 235 g/mol. The van der Waals surface area contributed by atoms with E-state index in [0.29, 0.717) is 19.0 Å². The Kier molecular flexibility index (Phi) is 4.55. The van der Waals surface area contributed by atoms with Crippen molar-refractivity contribution in [1.29, 1.82) is 0 Å². The van der Waals surface area contributed by atoms with Gasteiger partial charge in [0.15, 0.2) is 0 Å². The molecule has 94 valence electrons. The third-order valence-corrected chi connectivity index (χ3v) is 3.00. The van der Waals surface area contributed by atoms with E-state index in [2.05, 4.69) is 20.2 Å². The Bertz CT molecular complexity index is 333. The van der Waals surface area contributed by atoms with Crippen LogP contribution in [0.3, 0.4) is 0 Å². The summed E-state index contributed by atoms with van der Waals surface area (Å²) in [5.41, 5.74) is 5.45. The lowest BCUT2D eigenvalue weighted by atomic mass is 10.2. The molecule has 0 unspecified atom stereocenters. The second-order valence-electron chi connectivity index (χ2n) is 4.36. The van der Waals surface area contributed by atoms with Crippen LogP contribution in [-0.4, -0.2) is 36.1 Å². The minimum Gasteiger partial charge on any atom is -0.356 e. The van der Waals surface area contributed by atoms with Crippen LogP contribution in [0.25, 0.3) is 0 Å². The minimum absolute atomic E-state index is 0.595. The van der Waals surface area contributed by atoms with E-state index < -0.39 is 0 Å². The van der Waals surface area contributed by atoms with Crippen molar-refractivity contribution >= 4 is 11.8 Å². The first kappa shape index (κ1) is 12.1. The van der Waals surface area contributed by atoms with E-state index in [1.165, 1.54) is 25.7 Å². The largest absolute Gasteiger partial charge is 0.356 e. The maximum atomic E-state index is 5.45. The fraction of sp³-hybridized carbons (Fsp3) is 0.667. The molecule has 1 aromatic heterocycles. The zero-order valence-corrected chi connectivity index (χ0v) is 10.2. The molecule has 0 radical (unpaired) electrons. The summed E-state index contributed by atoms with van der Waals surface area (Å²) in [7, 11) is 0. The van der Waals surface area contributed by atoms with Gasteiger partial charge >= 0.3 is 0 Å². The first-order valence-corrected chi connectivity index (χ1v) is 6.42. The molecule has 0 saturated carbocycles. The van der Waals surface area contributed by atoms with Gasteiger partial charge in [0.25, 0.3) is 0 Å². The molecule has 0 spiro atoms. The molecule has 2 heterocycles. The molecule has 0 bridgehead atoms. The standard InChI is InChI=1S/C12H21N5/c13-6-8-15-12-14-7-5-11(16-12)17-9-3-1-2-4-10-17/h5,7H,1-4,6,8-10,13H2,(H,14,15,16).